The Balaban J connectivity index is 1.63. The molecule has 1 aromatic heterocycles. The van der Waals surface area contributed by atoms with Gasteiger partial charge in [0.2, 0.25) is 0 Å². The van der Waals surface area contributed by atoms with E-state index in [1.165, 1.54) is 6.07 Å². The maximum Gasteiger partial charge on any atom is 0.390 e. The smallest absolute Gasteiger partial charge is 0.390 e. The number of methoxy groups -OCH3 is 1. The number of benzene rings is 2. The van der Waals surface area contributed by atoms with Crippen molar-refractivity contribution in [3.8, 4) is 5.75 Å². The van der Waals surface area contributed by atoms with Crippen molar-refractivity contribution in [1.82, 2.24) is 15.2 Å². The Morgan fingerprint density at radius 3 is 2.37 bits per heavy atom. The summed E-state index contributed by atoms with van der Waals surface area (Å²) >= 11 is 0. The van der Waals surface area contributed by atoms with Crippen LogP contribution in [0.2, 0.25) is 0 Å². The number of nitrogens with one attached hydrogen (secondary N) is 1. The van der Waals surface area contributed by atoms with E-state index in [1.807, 2.05) is 24.3 Å². The zero-order valence-electron chi connectivity index (χ0n) is 16.8. The van der Waals surface area contributed by atoms with E-state index in [0.717, 1.165) is 16.9 Å². The summed E-state index contributed by atoms with van der Waals surface area (Å²) in [6, 6.07) is 15.7. The normalized spacial score (nSPS) is 11.2. The minimum Gasteiger partial charge on any atom is -0.497 e. The molecule has 0 aliphatic rings. The van der Waals surface area contributed by atoms with Crippen molar-refractivity contribution in [1.29, 1.82) is 0 Å². The highest BCUT2D eigenvalue weighted by Crippen LogP contribution is 2.14. The van der Waals surface area contributed by atoms with Crippen LogP contribution in [0.5, 0.6) is 5.75 Å². The molecular formula is C21H21N5O4. The molecule has 0 unspecified atom stereocenters. The minimum absolute atomic E-state index is 0.186. The van der Waals surface area contributed by atoms with Crippen LogP contribution in [-0.2, 0) is 6.54 Å². The van der Waals surface area contributed by atoms with Crippen molar-refractivity contribution >= 4 is 17.4 Å². The first kappa shape index (κ1) is 20.7. The topological polar surface area (TPSA) is 112 Å². The Morgan fingerprint density at radius 2 is 1.80 bits per heavy atom. The Bertz CT molecular complexity index is 1090. The van der Waals surface area contributed by atoms with Gasteiger partial charge < -0.3 is 14.9 Å². The summed E-state index contributed by atoms with van der Waals surface area (Å²) in [5.41, 5.74) is 6.09. The SMILES string of the molecule is COc1ccc(/C(C)=N\NC(=O)c2ccc(Cn3nc([N+](=O)[O-])cc3C)cc2)cc1. The van der Waals surface area contributed by atoms with Crippen LogP contribution in [0.15, 0.2) is 59.7 Å². The minimum atomic E-state index is -0.522. The molecule has 154 valence electrons. The quantitative estimate of drug-likeness (QED) is 0.367. The van der Waals surface area contributed by atoms with E-state index in [0.29, 0.717) is 23.5 Å². The summed E-state index contributed by atoms with van der Waals surface area (Å²) in [7, 11) is 1.60. The third-order valence-corrected chi connectivity index (χ3v) is 4.54. The summed E-state index contributed by atoms with van der Waals surface area (Å²) in [5.74, 6) is 0.226. The van der Waals surface area contributed by atoms with Gasteiger partial charge in [-0.25, -0.2) is 5.43 Å². The van der Waals surface area contributed by atoms with Gasteiger partial charge >= 0.3 is 5.82 Å². The highest BCUT2D eigenvalue weighted by molar-refractivity contribution is 6.00. The molecule has 0 atom stereocenters. The Hall–Kier alpha value is -4.01. The first-order chi connectivity index (χ1) is 14.4. The fourth-order valence-corrected chi connectivity index (χ4v) is 2.77. The largest absolute Gasteiger partial charge is 0.497 e. The monoisotopic (exact) mass is 407 g/mol. The number of hydrogen-bond acceptors (Lipinski definition) is 6. The van der Waals surface area contributed by atoms with Crippen LogP contribution < -0.4 is 10.2 Å². The second kappa shape index (κ2) is 8.99. The van der Waals surface area contributed by atoms with Crippen molar-refractivity contribution in [2.75, 3.05) is 7.11 Å². The third-order valence-electron chi connectivity index (χ3n) is 4.54. The van der Waals surface area contributed by atoms with Gasteiger partial charge in [-0.3, -0.25) is 4.79 Å². The van der Waals surface area contributed by atoms with Crippen molar-refractivity contribution < 1.29 is 14.5 Å². The van der Waals surface area contributed by atoms with E-state index < -0.39 is 4.92 Å². The van der Waals surface area contributed by atoms with Gasteiger partial charge in [0.05, 0.1) is 36.2 Å². The van der Waals surface area contributed by atoms with Crippen molar-refractivity contribution in [3.05, 3.63) is 87.1 Å². The molecule has 9 nitrogen and oxygen atoms in total. The number of amides is 1. The maximum absolute atomic E-state index is 12.4. The average Bonchev–Trinajstić information content (AvgIpc) is 3.13. The van der Waals surface area contributed by atoms with Crippen LogP contribution in [0.4, 0.5) is 5.82 Å². The van der Waals surface area contributed by atoms with Crippen LogP contribution in [0.3, 0.4) is 0 Å². The number of carbonyl (C=O) groups is 1. The lowest BCUT2D eigenvalue weighted by Gasteiger charge is -2.05. The summed E-state index contributed by atoms with van der Waals surface area (Å²) in [6.45, 7) is 3.93. The second-order valence-corrected chi connectivity index (χ2v) is 6.62. The fourth-order valence-electron chi connectivity index (χ4n) is 2.77. The lowest BCUT2D eigenvalue weighted by molar-refractivity contribution is -0.389. The van der Waals surface area contributed by atoms with Gasteiger partial charge in [-0.15, -0.1) is 0 Å². The molecule has 30 heavy (non-hydrogen) atoms. The summed E-state index contributed by atoms with van der Waals surface area (Å²) in [5, 5.41) is 18.9. The predicted octanol–water partition coefficient (Wildman–Crippen LogP) is 3.31. The number of hydrazone groups is 1. The van der Waals surface area contributed by atoms with Crippen molar-refractivity contribution in [2.24, 2.45) is 5.10 Å². The fraction of sp³-hybridized carbons (Fsp3) is 0.190. The number of nitro groups is 1. The zero-order chi connectivity index (χ0) is 21.7. The molecule has 1 amide bonds. The number of ether oxygens (including phenoxy) is 1. The second-order valence-electron chi connectivity index (χ2n) is 6.62. The number of carbonyl (C=O) groups excluding carboxylic acids is 1. The zero-order valence-corrected chi connectivity index (χ0v) is 16.8. The molecule has 0 saturated carbocycles. The molecule has 2 aromatic carbocycles. The Kier molecular flexibility index (Phi) is 6.21. The van der Waals surface area contributed by atoms with Crippen LogP contribution in [0.1, 0.15) is 34.1 Å². The van der Waals surface area contributed by atoms with E-state index >= 15 is 0 Å². The Labute approximate surface area is 173 Å². The van der Waals surface area contributed by atoms with Gasteiger partial charge in [-0.2, -0.15) is 9.78 Å². The average molecular weight is 407 g/mol. The number of nitrogens with zero attached hydrogens (tertiary/aromatic N) is 4. The molecule has 9 heteroatoms. The van der Waals surface area contributed by atoms with Crippen molar-refractivity contribution in [3.63, 3.8) is 0 Å². The summed E-state index contributed by atoms with van der Waals surface area (Å²) < 4.78 is 6.68. The highest BCUT2D eigenvalue weighted by Gasteiger charge is 2.15. The van der Waals surface area contributed by atoms with Crippen molar-refractivity contribution in [2.45, 2.75) is 20.4 Å². The van der Waals surface area contributed by atoms with E-state index in [9.17, 15) is 14.9 Å². The molecule has 3 rings (SSSR count). The van der Waals surface area contributed by atoms with Gasteiger partial charge in [0, 0.05) is 5.56 Å². The Morgan fingerprint density at radius 1 is 1.17 bits per heavy atom. The molecule has 3 aromatic rings. The molecule has 0 fully saturated rings. The molecule has 0 spiro atoms. The maximum atomic E-state index is 12.4. The molecule has 0 bridgehead atoms. The molecule has 0 radical (unpaired) electrons. The number of aryl methyl sites for hydroxylation is 1. The van der Waals surface area contributed by atoms with E-state index in [-0.39, 0.29) is 11.7 Å². The molecular weight excluding hydrogens is 386 g/mol. The van der Waals surface area contributed by atoms with Crippen LogP contribution in [-0.4, -0.2) is 33.4 Å². The van der Waals surface area contributed by atoms with Crippen LogP contribution in [0.25, 0.3) is 0 Å². The lowest BCUT2D eigenvalue weighted by atomic mass is 10.1. The van der Waals surface area contributed by atoms with Gasteiger partial charge in [-0.05, 0) is 66.3 Å². The van der Waals surface area contributed by atoms with E-state index in [2.05, 4.69) is 15.6 Å². The molecule has 1 heterocycles. The molecule has 0 aliphatic heterocycles. The van der Waals surface area contributed by atoms with Gasteiger partial charge in [0.25, 0.3) is 5.91 Å². The number of hydrogen-bond donors (Lipinski definition) is 1. The van der Waals surface area contributed by atoms with E-state index in [1.54, 1.807) is 49.9 Å². The first-order valence-electron chi connectivity index (χ1n) is 9.14. The summed E-state index contributed by atoms with van der Waals surface area (Å²) in [6.07, 6.45) is 0. The van der Waals surface area contributed by atoms with Gasteiger partial charge in [0.1, 0.15) is 5.75 Å². The van der Waals surface area contributed by atoms with E-state index in [4.69, 9.17) is 4.74 Å². The van der Waals surface area contributed by atoms with Crippen LogP contribution >= 0.6 is 0 Å². The standard InChI is InChI=1S/C21H21N5O4/c1-14-12-20(26(28)29)24-25(14)13-16-4-6-18(7-5-16)21(27)23-22-15(2)17-8-10-19(30-3)11-9-17/h4-12H,13H2,1-3H3,(H,23,27)/b22-15-. The van der Waals surface area contributed by atoms with Crippen LogP contribution in [0, 0.1) is 17.0 Å². The lowest BCUT2D eigenvalue weighted by Crippen LogP contribution is -2.19. The molecule has 0 aliphatic carbocycles. The molecule has 1 N–H and O–H groups in total. The number of rotatable bonds is 7. The first-order valence-corrected chi connectivity index (χ1v) is 9.14. The molecule has 0 saturated heterocycles. The third kappa shape index (κ3) is 4.88. The highest BCUT2D eigenvalue weighted by atomic mass is 16.6. The summed E-state index contributed by atoms with van der Waals surface area (Å²) in [4.78, 5) is 22.7. The van der Waals surface area contributed by atoms with Gasteiger partial charge in [-0.1, -0.05) is 12.1 Å². The predicted molar refractivity (Wildman–Crippen MR) is 112 cm³/mol. The number of aromatic nitrogens is 2. The van der Waals surface area contributed by atoms with Gasteiger partial charge in [0.15, 0.2) is 0 Å².